The van der Waals surface area contributed by atoms with E-state index < -0.39 is 53.8 Å². The summed E-state index contributed by atoms with van der Waals surface area (Å²) >= 11 is 0. The largest absolute Gasteiger partial charge is 0.394 e. The fourth-order valence-electron chi connectivity index (χ4n) is 1.19. The van der Waals surface area contributed by atoms with Gasteiger partial charge in [-0.2, -0.15) is 0 Å². The van der Waals surface area contributed by atoms with Crippen molar-refractivity contribution < 1.29 is 48.4 Å². The zero-order valence-corrected chi connectivity index (χ0v) is 11.5. The maximum atomic E-state index is 9.44. The third-order valence-electron chi connectivity index (χ3n) is 2.12. The molecule has 0 aromatic carbocycles. The van der Waals surface area contributed by atoms with Crippen LogP contribution in [0.3, 0.4) is 0 Å². The second-order valence-corrected chi connectivity index (χ2v) is 5.32. The molecule has 1 saturated heterocycles. The molecule has 116 valence electrons. The standard InChI is InChI=1S/C6H13NO5.H4O5P2/c7-3-5(10)4(9)2(1-8)12-6(3)11;1-6(2)5-7(3)4/h2-6,8-11H,1,7H2;6-7H,(H,1,2)(H,3,4)/t2-,3-,4-,5-,6?;/m1./s1. The van der Waals surface area contributed by atoms with Crippen molar-refractivity contribution in [3.8, 4) is 0 Å². The molecule has 11 nitrogen and oxygen atoms in total. The lowest BCUT2D eigenvalue weighted by atomic mass is 9.98. The molecule has 1 aliphatic heterocycles. The highest BCUT2D eigenvalue weighted by atomic mass is 31.2. The lowest BCUT2D eigenvalue weighted by molar-refractivity contribution is -0.248. The van der Waals surface area contributed by atoms with Crippen LogP contribution in [0.4, 0.5) is 0 Å². The van der Waals surface area contributed by atoms with Gasteiger partial charge in [0.05, 0.1) is 12.6 Å². The number of aliphatic hydroxyl groups excluding tert-OH is 4. The van der Waals surface area contributed by atoms with E-state index in [1.54, 1.807) is 0 Å². The minimum Gasteiger partial charge on any atom is -0.394 e. The zero-order valence-electron chi connectivity index (χ0n) is 9.49. The summed E-state index contributed by atoms with van der Waals surface area (Å²) in [5, 5.41) is 36.1. The molecule has 1 heterocycles. The van der Waals surface area contributed by atoms with Gasteiger partial charge in [0, 0.05) is 0 Å². The van der Waals surface area contributed by atoms with E-state index in [1.807, 2.05) is 0 Å². The number of ether oxygens (including phenoxy) is 1. The molecule has 1 fully saturated rings. The van der Waals surface area contributed by atoms with Crippen LogP contribution in [0.5, 0.6) is 0 Å². The quantitative estimate of drug-likeness (QED) is 0.254. The molecule has 0 amide bonds. The molecule has 0 aromatic heterocycles. The topological polar surface area (TPSA) is 200 Å². The van der Waals surface area contributed by atoms with Crippen molar-refractivity contribution in [2.24, 2.45) is 5.73 Å². The van der Waals surface area contributed by atoms with Crippen LogP contribution in [0, 0.1) is 0 Å². The molecule has 3 unspecified atom stereocenters. The summed E-state index contributed by atoms with van der Waals surface area (Å²) in [5.74, 6) is 0. The van der Waals surface area contributed by atoms with Gasteiger partial charge in [-0.1, -0.05) is 0 Å². The number of hydrogen-bond acceptors (Lipinski definition) is 9. The van der Waals surface area contributed by atoms with Crippen molar-refractivity contribution in [3.05, 3.63) is 0 Å². The lowest BCUT2D eigenvalue weighted by Gasteiger charge is -2.38. The second-order valence-electron chi connectivity index (χ2n) is 3.44. The molecule has 19 heavy (non-hydrogen) atoms. The van der Waals surface area contributed by atoms with E-state index in [4.69, 9.17) is 30.5 Å². The monoisotopic (exact) mass is 325 g/mol. The lowest BCUT2D eigenvalue weighted by Crippen LogP contribution is -2.61. The smallest absolute Gasteiger partial charge is 0.323 e. The van der Waals surface area contributed by atoms with Gasteiger partial charge in [-0.05, 0) is 0 Å². The fraction of sp³-hybridized carbons (Fsp3) is 1.00. The predicted octanol–water partition coefficient (Wildman–Crippen LogP) is -3.49. The minimum atomic E-state index is -3.20. The van der Waals surface area contributed by atoms with Crippen molar-refractivity contribution in [3.63, 3.8) is 0 Å². The Balaban J connectivity index is 0.000000399. The molecule has 0 aliphatic carbocycles. The van der Waals surface area contributed by atoms with Crippen molar-refractivity contribution in [2.75, 3.05) is 6.61 Å². The molecule has 0 spiro atoms. The van der Waals surface area contributed by atoms with Crippen molar-refractivity contribution in [1.29, 1.82) is 0 Å². The summed E-state index contributed by atoms with van der Waals surface area (Å²) in [4.78, 5) is 15.4. The highest BCUT2D eigenvalue weighted by molar-refractivity contribution is 7.46. The fourth-order valence-corrected chi connectivity index (χ4v) is 1.79. The van der Waals surface area contributed by atoms with E-state index in [0.717, 1.165) is 0 Å². The average molecular weight is 325 g/mol. The van der Waals surface area contributed by atoms with Gasteiger partial charge in [0.25, 0.3) is 0 Å². The Kier molecular flexibility index (Phi) is 9.16. The molecule has 13 heteroatoms. The van der Waals surface area contributed by atoms with E-state index >= 15 is 0 Å². The van der Waals surface area contributed by atoms with E-state index in [-0.39, 0.29) is 0 Å². The van der Waals surface area contributed by atoms with Crippen molar-refractivity contribution in [2.45, 2.75) is 30.6 Å². The summed E-state index contributed by atoms with van der Waals surface area (Å²) in [7, 11) is -6.40. The minimum absolute atomic E-state index is 0.470. The number of aliphatic hydroxyl groups is 4. The molecule has 7 atom stereocenters. The Morgan fingerprint density at radius 3 is 1.89 bits per heavy atom. The SMILES string of the molecule is N[C@H]1C(O)O[C@H](CO)[C@@H](O)[C@@H]1O.O=[PH](O)O[PH](=O)O. The first-order valence-corrected chi connectivity index (χ1v) is 7.43. The van der Waals surface area contributed by atoms with Crippen LogP contribution < -0.4 is 5.73 Å². The van der Waals surface area contributed by atoms with Crippen LogP contribution in [-0.4, -0.2) is 67.5 Å². The zero-order chi connectivity index (χ0) is 15.2. The van der Waals surface area contributed by atoms with Gasteiger partial charge in [-0.15, -0.1) is 0 Å². The van der Waals surface area contributed by atoms with E-state index in [2.05, 4.69) is 4.31 Å². The van der Waals surface area contributed by atoms with Crippen LogP contribution in [0.25, 0.3) is 0 Å². The van der Waals surface area contributed by atoms with E-state index in [0.29, 0.717) is 0 Å². The Morgan fingerprint density at radius 1 is 1.11 bits per heavy atom. The summed E-state index contributed by atoms with van der Waals surface area (Å²) in [5.41, 5.74) is 5.26. The normalized spacial score (nSPS) is 37.9. The van der Waals surface area contributed by atoms with Crippen LogP contribution in [-0.2, 0) is 18.2 Å². The Morgan fingerprint density at radius 2 is 1.58 bits per heavy atom. The van der Waals surface area contributed by atoms with Gasteiger partial charge >= 0.3 is 16.5 Å². The van der Waals surface area contributed by atoms with Gasteiger partial charge in [0.1, 0.15) is 18.3 Å². The van der Waals surface area contributed by atoms with Crippen LogP contribution in [0.15, 0.2) is 0 Å². The van der Waals surface area contributed by atoms with E-state index in [1.165, 1.54) is 0 Å². The number of rotatable bonds is 3. The summed E-state index contributed by atoms with van der Waals surface area (Å²) in [6, 6.07) is -1.04. The Labute approximate surface area is 109 Å². The molecular weight excluding hydrogens is 308 g/mol. The predicted molar refractivity (Wildman–Crippen MR) is 61.5 cm³/mol. The van der Waals surface area contributed by atoms with Gasteiger partial charge in [-0.25, -0.2) is 4.31 Å². The summed E-state index contributed by atoms with van der Waals surface area (Å²) in [6.45, 7) is -0.470. The van der Waals surface area contributed by atoms with Crippen LogP contribution in [0.2, 0.25) is 0 Å². The van der Waals surface area contributed by atoms with Gasteiger partial charge in [-0.3, -0.25) is 9.13 Å². The first kappa shape index (κ1) is 19.1. The van der Waals surface area contributed by atoms with Crippen molar-refractivity contribution >= 4 is 16.5 Å². The summed E-state index contributed by atoms with van der Waals surface area (Å²) in [6.07, 6.45) is -4.85. The molecule has 0 radical (unpaired) electrons. The van der Waals surface area contributed by atoms with Gasteiger partial charge in [0.2, 0.25) is 0 Å². The molecule has 0 aromatic rings. The first-order chi connectivity index (χ1) is 8.70. The Hall–Kier alpha value is 0.1000. The van der Waals surface area contributed by atoms with Crippen molar-refractivity contribution in [1.82, 2.24) is 0 Å². The first-order valence-electron chi connectivity index (χ1n) is 4.90. The highest BCUT2D eigenvalue weighted by Crippen LogP contribution is 2.30. The Bertz CT molecular complexity index is 300. The van der Waals surface area contributed by atoms with Gasteiger partial charge in [0.15, 0.2) is 6.29 Å². The maximum absolute atomic E-state index is 9.44. The van der Waals surface area contributed by atoms with Crippen LogP contribution in [0.1, 0.15) is 0 Å². The number of nitrogens with two attached hydrogens (primary N) is 1. The second kappa shape index (κ2) is 9.11. The number of hydrogen-bond donors (Lipinski definition) is 7. The van der Waals surface area contributed by atoms with Gasteiger partial charge < -0.3 is 40.7 Å². The molecule has 1 aliphatic rings. The molecular formula is C6H17NO10P2. The molecule has 0 bridgehead atoms. The highest BCUT2D eigenvalue weighted by Gasteiger charge is 2.41. The third-order valence-corrected chi connectivity index (χ3v) is 3.52. The van der Waals surface area contributed by atoms with E-state index in [9.17, 15) is 19.3 Å². The molecule has 1 rings (SSSR count). The summed E-state index contributed by atoms with van der Waals surface area (Å²) < 4.78 is 27.0. The molecule has 8 N–H and O–H groups in total. The maximum Gasteiger partial charge on any atom is 0.323 e. The third kappa shape index (κ3) is 6.89. The van der Waals surface area contributed by atoms with Crippen LogP contribution >= 0.6 is 16.5 Å². The molecule has 0 saturated carbocycles. The average Bonchev–Trinajstić information content (AvgIpc) is 2.30.